The number of hydrogen-bond acceptors (Lipinski definition) is 5. The molecule has 0 amide bonds. The summed E-state index contributed by atoms with van der Waals surface area (Å²) >= 11 is 5.94. The molecule has 6 nitrogen and oxygen atoms in total. The van der Waals surface area contributed by atoms with E-state index in [9.17, 15) is 15.4 Å². The van der Waals surface area contributed by atoms with Crippen molar-refractivity contribution in [1.29, 1.82) is 5.26 Å². The molecule has 0 bridgehead atoms. The van der Waals surface area contributed by atoms with Crippen molar-refractivity contribution in [3.05, 3.63) is 74.8 Å². The van der Waals surface area contributed by atoms with Crippen LogP contribution in [0.25, 0.3) is 22.4 Å². The van der Waals surface area contributed by atoms with Crippen LogP contribution in [-0.2, 0) is 0 Å². The molecule has 3 rings (SSSR count). The molecule has 1 heterocycles. The number of nitriles is 1. The maximum absolute atomic E-state index is 10.9. The van der Waals surface area contributed by atoms with Crippen LogP contribution in [0.3, 0.4) is 0 Å². The summed E-state index contributed by atoms with van der Waals surface area (Å²) in [4.78, 5) is 14.8. The molecule has 3 aromatic rings. The van der Waals surface area contributed by atoms with Crippen molar-refractivity contribution in [2.45, 2.75) is 6.92 Å². The third kappa shape index (κ3) is 3.08. The van der Waals surface area contributed by atoms with Gasteiger partial charge in [0, 0.05) is 28.3 Å². The van der Waals surface area contributed by atoms with Gasteiger partial charge in [0.15, 0.2) is 0 Å². The molecule has 2 N–H and O–H groups in total. The Kier molecular flexibility index (Phi) is 4.57. The first-order valence-electron chi connectivity index (χ1n) is 7.63. The average Bonchev–Trinajstić information content (AvgIpc) is 2.64. The second-order valence-electron chi connectivity index (χ2n) is 5.64. The van der Waals surface area contributed by atoms with Crippen molar-refractivity contribution < 1.29 is 4.92 Å². The number of pyridine rings is 1. The second kappa shape index (κ2) is 6.82. The third-order valence-corrected chi connectivity index (χ3v) is 4.32. The maximum Gasteiger partial charge on any atom is 0.269 e. The summed E-state index contributed by atoms with van der Waals surface area (Å²) < 4.78 is 0. The summed E-state index contributed by atoms with van der Waals surface area (Å²) in [5.74, 6) is 0.108. The largest absolute Gasteiger partial charge is 0.383 e. The van der Waals surface area contributed by atoms with Crippen LogP contribution in [0.1, 0.15) is 11.1 Å². The van der Waals surface area contributed by atoms with E-state index < -0.39 is 4.92 Å². The van der Waals surface area contributed by atoms with E-state index in [1.165, 1.54) is 12.1 Å². The number of nitrogens with two attached hydrogens (primary N) is 1. The van der Waals surface area contributed by atoms with Crippen molar-refractivity contribution in [2.24, 2.45) is 0 Å². The topological polar surface area (TPSA) is 106 Å². The average molecular weight is 365 g/mol. The first kappa shape index (κ1) is 17.4. The van der Waals surface area contributed by atoms with Gasteiger partial charge in [-0.3, -0.25) is 10.1 Å². The van der Waals surface area contributed by atoms with E-state index >= 15 is 0 Å². The van der Waals surface area contributed by atoms with E-state index in [1.54, 1.807) is 24.3 Å². The van der Waals surface area contributed by atoms with Crippen LogP contribution >= 0.6 is 11.6 Å². The van der Waals surface area contributed by atoms with E-state index in [2.05, 4.69) is 11.1 Å². The molecule has 7 heteroatoms. The fourth-order valence-electron chi connectivity index (χ4n) is 2.81. The molecular formula is C19H13ClN4O2. The molecule has 0 aliphatic heterocycles. The van der Waals surface area contributed by atoms with Crippen LogP contribution in [0.5, 0.6) is 0 Å². The first-order chi connectivity index (χ1) is 12.4. The van der Waals surface area contributed by atoms with Gasteiger partial charge in [0.1, 0.15) is 17.5 Å². The van der Waals surface area contributed by atoms with Gasteiger partial charge in [-0.1, -0.05) is 23.7 Å². The summed E-state index contributed by atoms with van der Waals surface area (Å²) in [6.07, 6.45) is 0. The Balaban J connectivity index is 2.25. The zero-order valence-electron chi connectivity index (χ0n) is 13.7. The molecule has 0 atom stereocenters. The first-order valence-corrected chi connectivity index (χ1v) is 8.01. The van der Waals surface area contributed by atoms with Crippen molar-refractivity contribution in [2.75, 3.05) is 5.73 Å². The number of nitrogens with zero attached hydrogens (tertiary/aromatic N) is 3. The molecular weight excluding hydrogens is 352 g/mol. The normalized spacial score (nSPS) is 10.3. The minimum atomic E-state index is -0.470. The lowest BCUT2D eigenvalue weighted by molar-refractivity contribution is -0.384. The minimum Gasteiger partial charge on any atom is -0.383 e. The quantitative estimate of drug-likeness (QED) is 0.533. The summed E-state index contributed by atoms with van der Waals surface area (Å²) in [5.41, 5.74) is 9.71. The molecule has 0 aliphatic carbocycles. The van der Waals surface area contributed by atoms with Gasteiger partial charge in [0.25, 0.3) is 5.69 Å². The Morgan fingerprint density at radius 3 is 2.23 bits per heavy atom. The highest BCUT2D eigenvalue weighted by molar-refractivity contribution is 6.30. The standard InChI is InChI=1S/C19H13ClN4O2/c1-11-17(12-4-8-15(9-5-12)24(25)26)16(10-21)19(22)23-18(11)13-2-6-14(20)7-3-13/h2-9H,1H3,(H2,22,23). The molecule has 0 spiro atoms. The lowest BCUT2D eigenvalue weighted by atomic mass is 9.93. The number of non-ortho nitro benzene ring substituents is 1. The van der Waals surface area contributed by atoms with Gasteiger partial charge in [0.2, 0.25) is 0 Å². The van der Waals surface area contributed by atoms with Crippen molar-refractivity contribution in [1.82, 2.24) is 4.98 Å². The van der Waals surface area contributed by atoms with Gasteiger partial charge in [-0.15, -0.1) is 0 Å². The van der Waals surface area contributed by atoms with Crippen molar-refractivity contribution in [3.8, 4) is 28.5 Å². The summed E-state index contributed by atoms with van der Waals surface area (Å²) in [7, 11) is 0. The minimum absolute atomic E-state index is 0.0233. The van der Waals surface area contributed by atoms with Crippen LogP contribution in [0.4, 0.5) is 11.5 Å². The fraction of sp³-hybridized carbons (Fsp3) is 0.0526. The summed E-state index contributed by atoms with van der Waals surface area (Å²) in [6.45, 7) is 1.84. The number of benzene rings is 2. The Bertz CT molecular complexity index is 1040. The predicted octanol–water partition coefficient (Wildman–Crippen LogP) is 4.74. The molecule has 0 fully saturated rings. The zero-order valence-corrected chi connectivity index (χ0v) is 14.5. The summed E-state index contributed by atoms with van der Waals surface area (Å²) in [5, 5.41) is 21.0. The van der Waals surface area contributed by atoms with E-state index in [4.69, 9.17) is 17.3 Å². The van der Waals surface area contributed by atoms with Crippen LogP contribution in [0.15, 0.2) is 48.5 Å². The van der Waals surface area contributed by atoms with Crippen LogP contribution in [0, 0.1) is 28.4 Å². The van der Waals surface area contributed by atoms with Gasteiger partial charge in [-0.2, -0.15) is 5.26 Å². The Morgan fingerprint density at radius 1 is 1.12 bits per heavy atom. The molecule has 2 aromatic carbocycles. The highest BCUT2D eigenvalue weighted by Gasteiger charge is 2.19. The molecule has 1 aromatic heterocycles. The summed E-state index contributed by atoms with van der Waals surface area (Å²) in [6, 6.07) is 15.2. The molecule has 0 aliphatic rings. The SMILES string of the molecule is Cc1c(-c2ccc(Cl)cc2)nc(N)c(C#N)c1-c1ccc([N+](=O)[O-])cc1. The number of halogens is 1. The fourth-order valence-corrected chi connectivity index (χ4v) is 2.93. The number of anilines is 1. The zero-order chi connectivity index (χ0) is 18.8. The third-order valence-electron chi connectivity index (χ3n) is 4.06. The van der Waals surface area contributed by atoms with Gasteiger partial charge in [-0.05, 0) is 42.3 Å². The highest BCUT2D eigenvalue weighted by Crippen LogP contribution is 2.36. The molecule has 26 heavy (non-hydrogen) atoms. The van der Waals surface area contributed by atoms with Gasteiger partial charge < -0.3 is 5.73 Å². The van der Waals surface area contributed by atoms with E-state index in [0.29, 0.717) is 21.8 Å². The van der Waals surface area contributed by atoms with Crippen LogP contribution in [-0.4, -0.2) is 9.91 Å². The van der Waals surface area contributed by atoms with Crippen molar-refractivity contribution >= 4 is 23.1 Å². The number of nitro groups is 1. The highest BCUT2D eigenvalue weighted by atomic mass is 35.5. The van der Waals surface area contributed by atoms with Crippen LogP contribution < -0.4 is 5.73 Å². The number of rotatable bonds is 3. The van der Waals surface area contributed by atoms with E-state index in [0.717, 1.165) is 11.1 Å². The van der Waals surface area contributed by atoms with Crippen molar-refractivity contribution in [3.63, 3.8) is 0 Å². The molecule has 128 valence electrons. The Hall–Kier alpha value is -3.43. The van der Waals surface area contributed by atoms with E-state index in [-0.39, 0.29) is 17.1 Å². The second-order valence-corrected chi connectivity index (χ2v) is 6.08. The number of aromatic nitrogens is 1. The number of hydrogen-bond donors (Lipinski definition) is 1. The van der Waals surface area contributed by atoms with Gasteiger partial charge in [0.05, 0.1) is 10.6 Å². The van der Waals surface area contributed by atoms with Gasteiger partial charge >= 0.3 is 0 Å². The molecule has 0 unspecified atom stereocenters. The van der Waals surface area contributed by atoms with E-state index in [1.807, 2.05) is 19.1 Å². The monoisotopic (exact) mass is 364 g/mol. The maximum atomic E-state index is 10.9. The Labute approximate surface area is 154 Å². The number of nitrogen functional groups attached to an aromatic ring is 1. The van der Waals surface area contributed by atoms with Crippen LogP contribution in [0.2, 0.25) is 5.02 Å². The molecule has 0 saturated heterocycles. The molecule has 0 radical (unpaired) electrons. The number of nitro benzene ring substituents is 1. The lowest BCUT2D eigenvalue weighted by Crippen LogP contribution is -2.03. The molecule has 0 saturated carbocycles. The smallest absolute Gasteiger partial charge is 0.269 e. The predicted molar refractivity (Wildman–Crippen MR) is 101 cm³/mol. The lowest BCUT2D eigenvalue weighted by Gasteiger charge is -2.15. The Morgan fingerprint density at radius 2 is 1.69 bits per heavy atom. The van der Waals surface area contributed by atoms with Gasteiger partial charge in [-0.25, -0.2) is 4.98 Å².